The zero-order valence-electron chi connectivity index (χ0n) is 14.8. The summed E-state index contributed by atoms with van der Waals surface area (Å²) in [6.07, 6.45) is 0.117. The van der Waals surface area contributed by atoms with Crippen LogP contribution in [-0.4, -0.2) is 36.5 Å². The lowest BCUT2D eigenvalue weighted by molar-refractivity contribution is -0.144. The minimum atomic E-state index is -3.45. The van der Waals surface area contributed by atoms with Crippen LogP contribution in [-0.2, 0) is 25.9 Å². The van der Waals surface area contributed by atoms with Crippen LogP contribution in [0.5, 0.6) is 0 Å². The highest BCUT2D eigenvalue weighted by Gasteiger charge is 2.15. The highest BCUT2D eigenvalue weighted by atomic mass is 32.2. The minimum absolute atomic E-state index is 0.114. The predicted molar refractivity (Wildman–Crippen MR) is 103 cm³/mol. The molecule has 0 saturated heterocycles. The van der Waals surface area contributed by atoms with Crippen LogP contribution in [0, 0.1) is 0 Å². The summed E-state index contributed by atoms with van der Waals surface area (Å²) >= 11 is 0. The monoisotopic (exact) mass is 402 g/mol. The first kappa shape index (κ1) is 19.6. The van der Waals surface area contributed by atoms with Crippen molar-refractivity contribution in [3.63, 3.8) is 0 Å². The number of fused-ring (bicyclic) bond motifs is 1. The number of aromatic amines is 1. The normalized spacial score (nSPS) is 11.4. The number of nitrogens with zero attached hydrogens (tertiary/aromatic N) is 1. The van der Waals surface area contributed by atoms with Crippen molar-refractivity contribution in [2.45, 2.75) is 17.9 Å². The van der Waals surface area contributed by atoms with Crippen LogP contribution in [0.1, 0.15) is 6.42 Å². The molecule has 146 valence electrons. The molecule has 1 aromatic heterocycles. The second kappa shape index (κ2) is 8.22. The predicted octanol–water partition coefficient (Wildman–Crippen LogP) is 1.10. The van der Waals surface area contributed by atoms with E-state index in [1.165, 1.54) is 24.3 Å². The molecule has 3 rings (SSSR count). The van der Waals surface area contributed by atoms with Gasteiger partial charge in [-0.2, -0.15) is 0 Å². The van der Waals surface area contributed by atoms with Gasteiger partial charge in [-0.3, -0.25) is 19.5 Å². The first-order chi connectivity index (χ1) is 13.4. The number of carbonyl (C=O) groups excluding carboxylic acids is 1. The van der Waals surface area contributed by atoms with Crippen LogP contribution in [0.25, 0.3) is 10.8 Å². The highest BCUT2D eigenvalue weighted by Crippen LogP contribution is 2.11. The van der Waals surface area contributed by atoms with Gasteiger partial charge in [0.15, 0.2) is 9.84 Å². The van der Waals surface area contributed by atoms with Gasteiger partial charge in [-0.15, -0.1) is 0 Å². The third-order valence-corrected chi connectivity index (χ3v) is 5.91. The fourth-order valence-electron chi connectivity index (χ4n) is 2.71. The largest absolute Gasteiger partial charge is 0.464 e. The molecule has 9 heteroatoms. The van der Waals surface area contributed by atoms with Gasteiger partial charge < -0.3 is 4.74 Å². The van der Waals surface area contributed by atoms with Crippen molar-refractivity contribution >= 4 is 26.6 Å². The molecular formula is C19H18N2O6S. The lowest BCUT2D eigenvalue weighted by Gasteiger charge is -2.08. The summed E-state index contributed by atoms with van der Waals surface area (Å²) < 4.78 is 30.2. The van der Waals surface area contributed by atoms with E-state index in [0.29, 0.717) is 0 Å². The molecule has 0 spiro atoms. The Morgan fingerprint density at radius 3 is 2.32 bits per heavy atom. The van der Waals surface area contributed by atoms with E-state index in [1.54, 1.807) is 30.3 Å². The fraction of sp³-hybridized carbons (Fsp3) is 0.211. The second-order valence-electron chi connectivity index (χ2n) is 6.08. The van der Waals surface area contributed by atoms with Gasteiger partial charge in [0.2, 0.25) is 0 Å². The summed E-state index contributed by atoms with van der Waals surface area (Å²) in [4.78, 5) is 36.5. The van der Waals surface area contributed by atoms with Crippen molar-refractivity contribution in [3.8, 4) is 0 Å². The van der Waals surface area contributed by atoms with E-state index in [-0.39, 0.29) is 34.4 Å². The highest BCUT2D eigenvalue weighted by molar-refractivity contribution is 7.91. The molecular weight excluding hydrogens is 384 g/mol. The van der Waals surface area contributed by atoms with Crippen molar-refractivity contribution in [1.82, 2.24) is 9.78 Å². The van der Waals surface area contributed by atoms with Crippen LogP contribution in [0.2, 0.25) is 0 Å². The summed E-state index contributed by atoms with van der Waals surface area (Å²) in [7, 11) is -3.45. The summed E-state index contributed by atoms with van der Waals surface area (Å²) in [5, 5.41) is 2.78. The zero-order valence-corrected chi connectivity index (χ0v) is 15.6. The van der Waals surface area contributed by atoms with Crippen molar-refractivity contribution < 1.29 is 17.9 Å². The summed E-state index contributed by atoms with van der Waals surface area (Å²) in [5.74, 6) is -0.915. The molecule has 1 heterocycles. The Balaban J connectivity index is 1.58. The lowest BCUT2D eigenvalue weighted by atomic mass is 10.2. The molecule has 0 fully saturated rings. The molecule has 0 amide bonds. The van der Waals surface area contributed by atoms with E-state index in [9.17, 15) is 22.8 Å². The first-order valence-electron chi connectivity index (χ1n) is 8.54. The molecule has 2 aromatic carbocycles. The van der Waals surface area contributed by atoms with E-state index >= 15 is 0 Å². The number of nitrogens with one attached hydrogen (secondary N) is 1. The SMILES string of the molecule is O=C(Cn1[nH]c(=O)c2ccccc2c1=O)OCCCS(=O)(=O)c1ccccc1. The number of esters is 1. The summed E-state index contributed by atoms with van der Waals surface area (Å²) in [6.45, 7) is -0.582. The quantitative estimate of drug-likeness (QED) is 0.467. The molecule has 0 radical (unpaired) electrons. The number of rotatable bonds is 7. The van der Waals surface area contributed by atoms with Crippen LogP contribution >= 0.6 is 0 Å². The van der Waals surface area contributed by atoms with Gasteiger partial charge >= 0.3 is 5.97 Å². The molecule has 28 heavy (non-hydrogen) atoms. The maximum atomic E-state index is 12.3. The van der Waals surface area contributed by atoms with Crippen molar-refractivity contribution in [3.05, 3.63) is 75.3 Å². The molecule has 0 aliphatic rings. The van der Waals surface area contributed by atoms with Crippen LogP contribution in [0.4, 0.5) is 0 Å². The van der Waals surface area contributed by atoms with Crippen molar-refractivity contribution in [1.29, 1.82) is 0 Å². The van der Waals surface area contributed by atoms with Crippen LogP contribution in [0.3, 0.4) is 0 Å². The maximum Gasteiger partial charge on any atom is 0.327 e. The van der Waals surface area contributed by atoms with E-state index in [1.807, 2.05) is 0 Å². The smallest absolute Gasteiger partial charge is 0.327 e. The fourth-order valence-corrected chi connectivity index (χ4v) is 4.02. The van der Waals surface area contributed by atoms with Crippen molar-refractivity contribution in [2.24, 2.45) is 0 Å². The maximum absolute atomic E-state index is 12.3. The van der Waals surface area contributed by atoms with Gasteiger partial charge in [-0.1, -0.05) is 30.3 Å². The topological polar surface area (TPSA) is 115 Å². The molecule has 8 nitrogen and oxygen atoms in total. The average Bonchev–Trinajstić information content (AvgIpc) is 2.70. The molecule has 0 atom stereocenters. The number of sulfone groups is 1. The molecule has 3 aromatic rings. The van der Waals surface area contributed by atoms with Crippen molar-refractivity contribution in [2.75, 3.05) is 12.4 Å². The van der Waals surface area contributed by atoms with E-state index in [0.717, 1.165) is 4.68 Å². The molecule has 0 aliphatic heterocycles. The Kier molecular flexibility index (Phi) is 5.74. The molecule has 0 unspecified atom stereocenters. The van der Waals surface area contributed by atoms with Gasteiger partial charge in [0.05, 0.1) is 28.0 Å². The Labute approximate surface area is 160 Å². The number of hydrogen-bond donors (Lipinski definition) is 1. The van der Waals surface area contributed by atoms with Gasteiger partial charge in [0.25, 0.3) is 11.1 Å². The van der Waals surface area contributed by atoms with Gasteiger partial charge in [0.1, 0.15) is 6.54 Å². The molecule has 0 saturated carbocycles. The van der Waals surface area contributed by atoms with E-state index in [4.69, 9.17) is 4.74 Å². The number of carbonyl (C=O) groups is 1. The molecule has 0 aliphatic carbocycles. The van der Waals surface area contributed by atoms with Gasteiger partial charge in [0, 0.05) is 0 Å². The Bertz CT molecular complexity index is 1210. The molecule has 1 N–H and O–H groups in total. The number of benzene rings is 2. The number of H-pyrrole nitrogens is 1. The standard InChI is InChI=1S/C19H18N2O6S/c22-17(27-11-6-12-28(25,26)14-7-2-1-3-8-14)13-21-19(24)16-10-5-4-9-15(16)18(23)20-21/h1-5,7-10H,6,11-13H2,(H,20,23). The Morgan fingerprint density at radius 1 is 0.964 bits per heavy atom. The minimum Gasteiger partial charge on any atom is -0.464 e. The van der Waals surface area contributed by atoms with E-state index < -0.39 is 33.5 Å². The van der Waals surface area contributed by atoms with Gasteiger partial charge in [-0.25, -0.2) is 13.1 Å². The Hall–Kier alpha value is -3.20. The number of aromatic nitrogens is 2. The summed E-state index contributed by atoms with van der Waals surface area (Å²) in [5.41, 5.74) is -1.00. The van der Waals surface area contributed by atoms with Crippen LogP contribution in [0.15, 0.2) is 69.1 Å². The lowest BCUT2D eigenvalue weighted by Crippen LogP contribution is -2.33. The Morgan fingerprint density at radius 2 is 1.61 bits per heavy atom. The molecule has 0 bridgehead atoms. The third kappa shape index (κ3) is 4.37. The second-order valence-corrected chi connectivity index (χ2v) is 8.19. The first-order valence-corrected chi connectivity index (χ1v) is 10.2. The van der Waals surface area contributed by atoms with E-state index in [2.05, 4.69) is 5.10 Å². The average molecular weight is 402 g/mol. The number of ether oxygens (including phenoxy) is 1. The van der Waals surface area contributed by atoms with Gasteiger partial charge in [-0.05, 0) is 30.7 Å². The third-order valence-electron chi connectivity index (χ3n) is 4.09. The van der Waals surface area contributed by atoms with Crippen LogP contribution < -0.4 is 11.1 Å². The number of hydrogen-bond acceptors (Lipinski definition) is 6. The summed E-state index contributed by atoms with van der Waals surface area (Å²) in [6, 6.07) is 14.3. The zero-order chi connectivity index (χ0) is 20.1.